The van der Waals surface area contributed by atoms with Gasteiger partial charge < -0.3 is 14.8 Å². The zero-order chi connectivity index (χ0) is 20.9. The molecule has 6 heteroatoms. The van der Waals surface area contributed by atoms with E-state index in [4.69, 9.17) is 21.1 Å². The number of amides is 1. The quantitative estimate of drug-likeness (QED) is 0.589. The monoisotopic (exact) mass is 422 g/mol. The molecule has 154 valence electrons. The minimum atomic E-state index is -0.530. The van der Waals surface area contributed by atoms with Crippen LogP contribution in [-0.2, 0) is 10.2 Å². The fourth-order valence-electron chi connectivity index (χ4n) is 3.94. The number of aromatic nitrogens is 1. The first-order chi connectivity index (χ1) is 14.5. The Morgan fingerprint density at radius 3 is 2.53 bits per heavy atom. The summed E-state index contributed by atoms with van der Waals surface area (Å²) in [5.41, 5.74) is 4.53. The third-order valence-electron chi connectivity index (χ3n) is 6.14. The number of benzene rings is 2. The van der Waals surface area contributed by atoms with E-state index < -0.39 is 5.41 Å². The summed E-state index contributed by atoms with van der Waals surface area (Å²) in [6, 6.07) is 13.4. The van der Waals surface area contributed by atoms with Crippen molar-refractivity contribution < 1.29 is 15.7 Å². The summed E-state index contributed by atoms with van der Waals surface area (Å²) in [6.45, 7) is 4.25. The number of carbonyl (C=O) groups is 1. The van der Waals surface area contributed by atoms with Crippen molar-refractivity contribution in [3.8, 4) is 22.6 Å². The molecule has 0 saturated heterocycles. The molecule has 1 aromatic heterocycles. The van der Waals surface area contributed by atoms with Crippen LogP contribution in [0.4, 0.5) is 5.82 Å². The molecular formula is C24H23ClN2O3. The second kappa shape index (κ2) is 7.03. The number of hydrogen-bond donors (Lipinski definition) is 1. The predicted octanol–water partition coefficient (Wildman–Crippen LogP) is 5.66. The Labute approximate surface area is 181 Å². The Kier molecular flexibility index (Phi) is 4.44. The highest BCUT2D eigenvalue weighted by Gasteiger charge is 2.52. The summed E-state index contributed by atoms with van der Waals surface area (Å²) in [6.07, 6.45) is 3.42. The number of fused-ring (bicyclic) bond motifs is 1. The summed E-state index contributed by atoms with van der Waals surface area (Å²) in [7, 11) is 0. The van der Waals surface area contributed by atoms with Gasteiger partial charge in [0.25, 0.3) is 0 Å². The van der Waals surface area contributed by atoms with Gasteiger partial charge in [0.05, 0.1) is 5.41 Å². The van der Waals surface area contributed by atoms with Crippen LogP contribution in [0.2, 0.25) is 5.02 Å². The minimum Gasteiger partial charge on any atom is -0.454 e. The molecule has 2 aromatic carbocycles. The minimum absolute atomic E-state index is 0. The van der Waals surface area contributed by atoms with Crippen molar-refractivity contribution in [2.45, 2.75) is 32.1 Å². The molecule has 30 heavy (non-hydrogen) atoms. The molecule has 0 bridgehead atoms. The van der Waals surface area contributed by atoms with Crippen LogP contribution in [0.3, 0.4) is 0 Å². The number of rotatable bonds is 4. The third-order valence-corrected chi connectivity index (χ3v) is 6.39. The molecule has 1 aliphatic heterocycles. The average molecular weight is 423 g/mol. The Morgan fingerprint density at radius 1 is 1.07 bits per heavy atom. The fraction of sp³-hybridized carbons (Fsp3) is 0.250. The third kappa shape index (κ3) is 3.10. The molecule has 1 amide bonds. The molecule has 2 heterocycles. The summed E-state index contributed by atoms with van der Waals surface area (Å²) >= 11 is 6.01. The fourth-order valence-corrected chi connectivity index (χ4v) is 4.07. The number of carbonyl (C=O) groups excluding carboxylic acids is 1. The van der Waals surface area contributed by atoms with Gasteiger partial charge in [-0.25, -0.2) is 4.98 Å². The van der Waals surface area contributed by atoms with Crippen molar-refractivity contribution in [3.63, 3.8) is 0 Å². The van der Waals surface area contributed by atoms with Gasteiger partial charge in [-0.15, -0.1) is 0 Å². The molecule has 1 N–H and O–H groups in total. The second-order valence-corrected chi connectivity index (χ2v) is 8.32. The zero-order valence-corrected chi connectivity index (χ0v) is 17.5. The van der Waals surface area contributed by atoms with Gasteiger partial charge in [-0.3, -0.25) is 4.79 Å². The first kappa shape index (κ1) is 18.9. The van der Waals surface area contributed by atoms with E-state index in [9.17, 15) is 4.79 Å². The smallest absolute Gasteiger partial charge is 0.236 e. The lowest BCUT2D eigenvalue weighted by atomic mass is 9.94. The molecule has 5 rings (SSSR count). The van der Waals surface area contributed by atoms with E-state index >= 15 is 0 Å². The van der Waals surface area contributed by atoms with Crippen LogP contribution in [0.5, 0.6) is 11.5 Å². The van der Waals surface area contributed by atoms with Crippen LogP contribution >= 0.6 is 11.6 Å². The molecule has 5 nitrogen and oxygen atoms in total. The summed E-state index contributed by atoms with van der Waals surface area (Å²) in [4.78, 5) is 17.8. The maximum Gasteiger partial charge on any atom is 0.236 e. The van der Waals surface area contributed by atoms with Crippen LogP contribution in [0.1, 0.15) is 31.0 Å². The molecule has 1 aliphatic carbocycles. The Hall–Kier alpha value is -3.05. The largest absolute Gasteiger partial charge is 0.454 e. The van der Waals surface area contributed by atoms with E-state index in [0.717, 1.165) is 46.4 Å². The second-order valence-electron chi connectivity index (χ2n) is 7.88. The van der Waals surface area contributed by atoms with Crippen molar-refractivity contribution in [1.82, 2.24) is 4.98 Å². The van der Waals surface area contributed by atoms with E-state index in [0.29, 0.717) is 16.6 Å². The number of halogens is 1. The molecule has 0 unspecified atom stereocenters. The number of nitrogens with zero attached hydrogens (tertiary/aromatic N) is 1. The van der Waals surface area contributed by atoms with Gasteiger partial charge in [-0.2, -0.15) is 0 Å². The van der Waals surface area contributed by atoms with E-state index in [1.807, 2.05) is 56.3 Å². The molecule has 3 aromatic rings. The molecule has 0 atom stereocenters. The van der Waals surface area contributed by atoms with Crippen LogP contribution in [0.15, 0.2) is 48.7 Å². The molecule has 0 spiro atoms. The number of nitrogens with one attached hydrogen (secondary N) is 1. The molecule has 0 radical (unpaired) electrons. The van der Waals surface area contributed by atoms with Crippen molar-refractivity contribution in [2.75, 3.05) is 12.1 Å². The van der Waals surface area contributed by atoms with Crippen molar-refractivity contribution in [1.29, 1.82) is 0 Å². The van der Waals surface area contributed by atoms with Crippen LogP contribution < -0.4 is 14.8 Å². The average Bonchev–Trinajstić information content (AvgIpc) is 3.43. The maximum absolute atomic E-state index is 13.2. The molecule has 1 fully saturated rings. The van der Waals surface area contributed by atoms with Crippen LogP contribution in [0.25, 0.3) is 11.1 Å². The highest BCUT2D eigenvalue weighted by Crippen LogP contribution is 2.51. The van der Waals surface area contributed by atoms with Crippen molar-refractivity contribution >= 4 is 23.3 Å². The summed E-state index contributed by atoms with van der Waals surface area (Å²) in [5, 5.41) is 3.76. The van der Waals surface area contributed by atoms with Gasteiger partial charge in [0.2, 0.25) is 12.7 Å². The SMILES string of the molecule is Cc1c(-c2ccc(Cl)cc2)cnc(NC(=O)C2(c3ccc4c(c3)OCO4)CC2)c1C.[HH]. The van der Waals surface area contributed by atoms with Crippen LogP contribution in [0, 0.1) is 13.8 Å². The van der Waals surface area contributed by atoms with Gasteiger partial charge in [-0.05, 0) is 73.2 Å². The van der Waals surface area contributed by atoms with E-state index in [1.165, 1.54) is 0 Å². The maximum atomic E-state index is 13.2. The summed E-state index contributed by atoms with van der Waals surface area (Å²) < 4.78 is 10.9. The topological polar surface area (TPSA) is 60.5 Å². The van der Waals surface area contributed by atoms with Gasteiger partial charge in [-0.1, -0.05) is 29.8 Å². The predicted molar refractivity (Wildman–Crippen MR) is 118 cm³/mol. The Balaban J connectivity index is 0.00000231. The van der Waals surface area contributed by atoms with Gasteiger partial charge >= 0.3 is 0 Å². The van der Waals surface area contributed by atoms with E-state index in [2.05, 4.69) is 10.3 Å². The number of ether oxygens (including phenoxy) is 2. The van der Waals surface area contributed by atoms with Crippen LogP contribution in [-0.4, -0.2) is 17.7 Å². The molecule has 2 aliphatic rings. The van der Waals surface area contributed by atoms with Gasteiger partial charge in [0, 0.05) is 18.2 Å². The van der Waals surface area contributed by atoms with Crippen molar-refractivity contribution in [2.24, 2.45) is 0 Å². The number of pyridine rings is 1. The molecule has 1 saturated carbocycles. The lowest BCUT2D eigenvalue weighted by Gasteiger charge is -2.18. The lowest BCUT2D eigenvalue weighted by molar-refractivity contribution is -0.118. The Morgan fingerprint density at radius 2 is 1.80 bits per heavy atom. The molecular weight excluding hydrogens is 400 g/mol. The number of anilines is 1. The lowest BCUT2D eigenvalue weighted by Crippen LogP contribution is -2.28. The highest BCUT2D eigenvalue weighted by molar-refractivity contribution is 6.30. The van der Waals surface area contributed by atoms with Crippen molar-refractivity contribution in [3.05, 3.63) is 70.4 Å². The summed E-state index contributed by atoms with van der Waals surface area (Å²) in [5.74, 6) is 1.99. The van der Waals surface area contributed by atoms with Gasteiger partial charge in [0.1, 0.15) is 5.82 Å². The highest BCUT2D eigenvalue weighted by atomic mass is 35.5. The standard InChI is InChI=1S/C24H21ClN2O3.H2/c1-14-15(2)22(26-12-19(14)16-3-6-18(25)7-4-16)27-23(28)24(9-10-24)17-5-8-20-21(11-17)30-13-29-20;/h3-8,11-12H,9-10,13H2,1-2H3,(H,26,27,28);1H. The van der Waals surface area contributed by atoms with E-state index in [1.54, 1.807) is 6.20 Å². The first-order valence-corrected chi connectivity index (χ1v) is 10.3. The number of hydrogen-bond acceptors (Lipinski definition) is 4. The van der Waals surface area contributed by atoms with E-state index in [-0.39, 0.29) is 14.1 Å². The first-order valence-electron chi connectivity index (χ1n) is 9.92. The van der Waals surface area contributed by atoms with Gasteiger partial charge in [0.15, 0.2) is 11.5 Å². The zero-order valence-electron chi connectivity index (χ0n) is 16.8. The normalized spacial score (nSPS) is 15.7. The Bertz CT molecular complexity index is 1160.